The average molecular weight is 452 g/mol. The zero-order valence-electron chi connectivity index (χ0n) is 17.8. The van der Waals surface area contributed by atoms with Gasteiger partial charge in [-0.05, 0) is 42.2 Å². The average Bonchev–Trinajstić information content (AvgIpc) is 3.18. The van der Waals surface area contributed by atoms with E-state index in [-0.39, 0.29) is 67.3 Å². The van der Waals surface area contributed by atoms with Gasteiger partial charge in [-0.1, -0.05) is 18.2 Å². The number of carbonyl (C=O) groups excluding carboxylic acids is 4. The van der Waals surface area contributed by atoms with Gasteiger partial charge in [0.1, 0.15) is 17.2 Å². The molecule has 4 rings (SSSR count). The molecule has 0 radical (unpaired) electrons. The van der Waals surface area contributed by atoms with Gasteiger partial charge in [-0.25, -0.2) is 0 Å². The molecule has 33 heavy (non-hydrogen) atoms. The van der Waals surface area contributed by atoms with Crippen LogP contribution in [0.2, 0.25) is 0 Å². The fourth-order valence-corrected chi connectivity index (χ4v) is 4.40. The second kappa shape index (κ2) is 8.93. The Balaban J connectivity index is 1.35. The van der Waals surface area contributed by atoms with Crippen LogP contribution in [0.5, 0.6) is 17.2 Å². The summed E-state index contributed by atoms with van der Waals surface area (Å²) in [6.45, 7) is -0.127. The van der Waals surface area contributed by atoms with Crippen LogP contribution < -0.4 is 0 Å². The summed E-state index contributed by atoms with van der Waals surface area (Å²) < 4.78 is 0. The molecule has 2 aliphatic rings. The van der Waals surface area contributed by atoms with Gasteiger partial charge in [-0.15, -0.1) is 0 Å². The second-order valence-electron chi connectivity index (χ2n) is 8.46. The van der Waals surface area contributed by atoms with E-state index in [1.807, 2.05) is 0 Å². The largest absolute Gasteiger partial charge is 0.508 e. The number of rotatable bonds is 7. The van der Waals surface area contributed by atoms with Crippen molar-refractivity contribution >= 4 is 23.6 Å². The minimum absolute atomic E-state index is 0.0233. The third-order valence-electron chi connectivity index (χ3n) is 6.18. The molecule has 9 nitrogen and oxygen atoms in total. The Morgan fingerprint density at radius 1 is 0.697 bits per heavy atom. The van der Waals surface area contributed by atoms with Crippen LogP contribution in [0.1, 0.15) is 24.0 Å². The van der Waals surface area contributed by atoms with Crippen LogP contribution in [0.4, 0.5) is 0 Å². The van der Waals surface area contributed by atoms with Crippen molar-refractivity contribution in [3.05, 3.63) is 53.6 Å². The second-order valence-corrected chi connectivity index (χ2v) is 8.46. The third kappa shape index (κ3) is 4.67. The summed E-state index contributed by atoms with van der Waals surface area (Å²) in [7, 11) is 0. The van der Waals surface area contributed by atoms with Crippen LogP contribution in [0.25, 0.3) is 0 Å². The molecule has 172 valence electrons. The molecule has 2 unspecified atom stereocenters. The number of hydrogen-bond donors (Lipinski definition) is 3. The predicted octanol–water partition coefficient (Wildman–Crippen LogP) is 1.34. The van der Waals surface area contributed by atoms with Gasteiger partial charge in [0, 0.05) is 32.0 Å². The van der Waals surface area contributed by atoms with E-state index in [1.165, 1.54) is 30.3 Å². The molecule has 2 aromatic carbocycles. The molecule has 0 spiro atoms. The summed E-state index contributed by atoms with van der Waals surface area (Å²) >= 11 is 0. The lowest BCUT2D eigenvalue weighted by Gasteiger charge is -2.20. The first-order chi connectivity index (χ1) is 15.7. The zero-order chi connectivity index (χ0) is 23.7. The lowest BCUT2D eigenvalue weighted by molar-refractivity contribution is -0.144. The van der Waals surface area contributed by atoms with Crippen molar-refractivity contribution in [3.8, 4) is 17.2 Å². The van der Waals surface area contributed by atoms with Crippen molar-refractivity contribution in [3.63, 3.8) is 0 Å². The van der Waals surface area contributed by atoms with Crippen molar-refractivity contribution in [2.45, 2.75) is 25.7 Å². The maximum atomic E-state index is 12.8. The molecular formula is C24H24N2O7. The summed E-state index contributed by atoms with van der Waals surface area (Å²) in [4.78, 5) is 52.5. The lowest BCUT2D eigenvalue weighted by atomic mass is 9.97. The van der Waals surface area contributed by atoms with Crippen molar-refractivity contribution in [1.82, 2.24) is 9.80 Å². The maximum Gasteiger partial charge on any atom is 0.233 e. The van der Waals surface area contributed by atoms with E-state index in [0.717, 1.165) is 15.4 Å². The highest BCUT2D eigenvalue weighted by Crippen LogP contribution is 2.30. The highest BCUT2D eigenvalue weighted by molar-refractivity contribution is 6.05. The Morgan fingerprint density at radius 2 is 1.21 bits per heavy atom. The molecule has 0 aromatic heterocycles. The quantitative estimate of drug-likeness (QED) is 0.540. The van der Waals surface area contributed by atoms with E-state index in [0.29, 0.717) is 12.0 Å². The van der Waals surface area contributed by atoms with Gasteiger partial charge < -0.3 is 15.3 Å². The van der Waals surface area contributed by atoms with Gasteiger partial charge in [0.25, 0.3) is 0 Å². The van der Waals surface area contributed by atoms with Crippen molar-refractivity contribution in [2.24, 2.45) is 11.8 Å². The number of amides is 4. The Bertz CT molecular complexity index is 1110. The van der Waals surface area contributed by atoms with Crippen molar-refractivity contribution in [2.75, 3.05) is 13.1 Å². The number of phenols is 3. The summed E-state index contributed by atoms with van der Waals surface area (Å²) in [5.41, 5.74) is 1.27. The van der Waals surface area contributed by atoms with E-state index >= 15 is 0 Å². The predicted molar refractivity (Wildman–Crippen MR) is 115 cm³/mol. The Morgan fingerprint density at radius 3 is 1.76 bits per heavy atom. The van der Waals surface area contributed by atoms with Gasteiger partial charge in [-0.3, -0.25) is 29.0 Å². The van der Waals surface area contributed by atoms with Gasteiger partial charge in [0.15, 0.2) is 0 Å². The lowest BCUT2D eigenvalue weighted by Crippen LogP contribution is -2.41. The van der Waals surface area contributed by atoms with E-state index in [1.54, 1.807) is 12.1 Å². The fourth-order valence-electron chi connectivity index (χ4n) is 4.40. The van der Waals surface area contributed by atoms with Crippen LogP contribution in [0.15, 0.2) is 42.5 Å². The number of likely N-dealkylation sites (tertiary alicyclic amines) is 2. The zero-order valence-corrected chi connectivity index (χ0v) is 17.8. The number of imide groups is 2. The Labute approximate surface area is 189 Å². The van der Waals surface area contributed by atoms with Gasteiger partial charge >= 0.3 is 0 Å². The number of nitrogens with zero attached hydrogens (tertiary/aromatic N) is 2. The Hall–Kier alpha value is -3.88. The molecule has 2 aromatic rings. The van der Waals surface area contributed by atoms with E-state index in [4.69, 9.17) is 0 Å². The van der Waals surface area contributed by atoms with Crippen LogP contribution >= 0.6 is 0 Å². The number of benzene rings is 2. The molecular weight excluding hydrogens is 428 g/mol. The molecule has 3 N–H and O–H groups in total. The van der Waals surface area contributed by atoms with E-state index in [2.05, 4.69) is 0 Å². The number of carbonyl (C=O) groups is 4. The van der Waals surface area contributed by atoms with Crippen LogP contribution in [0, 0.1) is 11.8 Å². The standard InChI is InChI=1S/C24H24N2O7/c27-18-4-1-14(2-5-18)9-16-11-21(30)25(23(16)32)7-8-26-22(31)12-17(24(26)33)10-15-3-6-19(28)13-20(15)29/h1-6,13,16-17,27-29H,7-12H2. The molecule has 2 atom stereocenters. The molecule has 0 aliphatic carbocycles. The molecule has 9 heteroatoms. The number of phenolic OH excluding ortho intramolecular Hbond substituents is 3. The van der Waals surface area contributed by atoms with Crippen molar-refractivity contribution < 1.29 is 34.5 Å². The number of aromatic hydroxyl groups is 3. The molecule has 4 amide bonds. The van der Waals surface area contributed by atoms with Crippen LogP contribution in [0.3, 0.4) is 0 Å². The molecule has 2 saturated heterocycles. The normalized spacial score (nSPS) is 20.8. The number of hydrogen-bond acceptors (Lipinski definition) is 7. The third-order valence-corrected chi connectivity index (χ3v) is 6.18. The first kappa shape index (κ1) is 22.3. The summed E-state index contributed by atoms with van der Waals surface area (Å²) in [5, 5.41) is 28.7. The first-order valence-electron chi connectivity index (χ1n) is 10.7. The van der Waals surface area contributed by atoms with Crippen LogP contribution in [-0.2, 0) is 32.0 Å². The highest BCUT2D eigenvalue weighted by atomic mass is 16.3. The van der Waals surface area contributed by atoms with Gasteiger partial charge in [-0.2, -0.15) is 0 Å². The minimum atomic E-state index is -0.653. The van der Waals surface area contributed by atoms with Gasteiger partial charge in [0.2, 0.25) is 23.6 Å². The van der Waals surface area contributed by atoms with Gasteiger partial charge in [0.05, 0.1) is 11.8 Å². The first-order valence-corrected chi connectivity index (χ1v) is 10.7. The summed E-state index contributed by atoms with van der Waals surface area (Å²) in [5.74, 6) is -2.77. The molecule has 2 fully saturated rings. The molecule has 2 aliphatic heterocycles. The monoisotopic (exact) mass is 452 g/mol. The maximum absolute atomic E-state index is 12.8. The summed E-state index contributed by atoms with van der Waals surface area (Å²) in [6, 6.07) is 10.5. The fraction of sp³-hybridized carbons (Fsp3) is 0.333. The Kier molecular flexibility index (Phi) is 6.04. The van der Waals surface area contributed by atoms with Crippen molar-refractivity contribution in [1.29, 1.82) is 0 Å². The van der Waals surface area contributed by atoms with E-state index in [9.17, 15) is 34.5 Å². The highest BCUT2D eigenvalue weighted by Gasteiger charge is 2.42. The SMILES string of the molecule is O=C1CC(Cc2ccc(O)cc2)C(=O)N1CCN1C(=O)CC(Cc2ccc(O)cc2O)C1=O. The molecule has 0 saturated carbocycles. The van der Waals surface area contributed by atoms with E-state index < -0.39 is 17.7 Å². The van der Waals surface area contributed by atoms with Crippen LogP contribution in [-0.4, -0.2) is 61.8 Å². The summed E-state index contributed by atoms with van der Waals surface area (Å²) in [6.07, 6.45) is 0.541. The smallest absolute Gasteiger partial charge is 0.233 e. The minimum Gasteiger partial charge on any atom is -0.508 e. The molecule has 2 heterocycles. The molecule has 0 bridgehead atoms. The topological polar surface area (TPSA) is 135 Å².